The van der Waals surface area contributed by atoms with E-state index >= 15 is 0 Å². The van der Waals surface area contributed by atoms with Crippen LogP contribution in [0.2, 0.25) is 0 Å². The second-order valence-corrected chi connectivity index (χ2v) is 9.68. The lowest BCUT2D eigenvalue weighted by atomic mass is 9.87. The summed E-state index contributed by atoms with van der Waals surface area (Å²) < 4.78 is 6.53. The lowest BCUT2D eigenvalue weighted by molar-refractivity contribution is -0.0481. The van der Waals surface area contributed by atoms with Crippen LogP contribution in [0, 0.1) is 0 Å². The number of thiophene rings is 1. The Morgan fingerprint density at radius 1 is 1.37 bits per heavy atom. The second kappa shape index (κ2) is 7.04. The Balaban J connectivity index is 1.72. The Kier molecular flexibility index (Phi) is 4.87. The highest BCUT2D eigenvalue weighted by molar-refractivity contribution is 7.20. The lowest BCUT2D eigenvalue weighted by Gasteiger charge is -2.37. The van der Waals surface area contributed by atoms with Crippen molar-refractivity contribution in [1.29, 1.82) is 0 Å². The van der Waals surface area contributed by atoms with Crippen LogP contribution in [-0.4, -0.2) is 38.1 Å². The van der Waals surface area contributed by atoms with Gasteiger partial charge in [-0.15, -0.1) is 20.6 Å². The second-order valence-electron chi connectivity index (χ2n) is 7.63. The number of benzene rings is 1. The number of anilines is 2. The molecule has 1 aromatic carbocycles. The molecule has 1 aliphatic heterocycles. The van der Waals surface area contributed by atoms with E-state index in [1.165, 1.54) is 16.0 Å². The lowest BCUT2D eigenvalue weighted by Crippen LogP contribution is -2.43. The number of hydrogen-bond acceptors (Lipinski definition) is 6. The highest BCUT2D eigenvalue weighted by Crippen LogP contribution is 2.41. The molecule has 1 aliphatic rings. The normalized spacial score (nSPS) is 16.9. The molecule has 140 valence electrons. The number of nitrogens with two attached hydrogens (primary N) is 1. The molecule has 1 fully saturated rings. The van der Waals surface area contributed by atoms with Crippen LogP contribution in [0.5, 0.6) is 0 Å². The van der Waals surface area contributed by atoms with Gasteiger partial charge in [0.25, 0.3) is 0 Å². The molecule has 4 rings (SSSR count). The van der Waals surface area contributed by atoms with E-state index in [4.69, 9.17) is 10.5 Å². The number of fused-ring (bicyclic) bond motifs is 1. The molecule has 27 heavy (non-hydrogen) atoms. The molecule has 0 spiro atoms. The van der Waals surface area contributed by atoms with Gasteiger partial charge in [-0.05, 0) is 22.8 Å². The molecule has 2 unspecified atom stereocenters. The summed E-state index contributed by atoms with van der Waals surface area (Å²) in [6.07, 6.45) is 0. The first-order chi connectivity index (χ1) is 12.9. The van der Waals surface area contributed by atoms with Gasteiger partial charge < -0.3 is 15.4 Å². The molecule has 3 heterocycles. The van der Waals surface area contributed by atoms with Crippen molar-refractivity contribution in [3.8, 4) is 0 Å². The van der Waals surface area contributed by atoms with E-state index in [2.05, 4.69) is 76.3 Å². The van der Waals surface area contributed by atoms with Crippen LogP contribution in [0.4, 0.5) is 11.8 Å². The molecule has 1 saturated heterocycles. The topological polar surface area (TPSA) is 64.3 Å². The van der Waals surface area contributed by atoms with Crippen LogP contribution in [0.15, 0.2) is 30.3 Å². The number of ether oxygens (including phenoxy) is 1. The molecule has 3 aromatic rings. The van der Waals surface area contributed by atoms with Gasteiger partial charge in [-0.25, -0.2) is 4.98 Å². The number of hydrogen-bond donors (Lipinski definition) is 1. The van der Waals surface area contributed by atoms with Crippen LogP contribution in [0.1, 0.15) is 28.5 Å². The molecule has 0 saturated carbocycles. The van der Waals surface area contributed by atoms with Crippen molar-refractivity contribution in [1.82, 2.24) is 9.97 Å². The van der Waals surface area contributed by atoms with Gasteiger partial charge in [0, 0.05) is 23.9 Å². The Hall–Kier alpha value is -1.69. The minimum absolute atomic E-state index is 0.0808. The summed E-state index contributed by atoms with van der Waals surface area (Å²) in [7, 11) is 7.14. The van der Waals surface area contributed by atoms with Crippen LogP contribution < -0.4 is 10.6 Å². The number of aromatic nitrogens is 2. The van der Waals surface area contributed by atoms with Gasteiger partial charge in [-0.2, -0.15) is 4.98 Å². The van der Waals surface area contributed by atoms with Gasteiger partial charge in [-0.3, -0.25) is 0 Å². The highest BCUT2D eigenvalue weighted by Gasteiger charge is 2.37. The van der Waals surface area contributed by atoms with E-state index in [9.17, 15) is 0 Å². The molecule has 0 radical (unpaired) electrons. The summed E-state index contributed by atoms with van der Waals surface area (Å²) in [5, 5.41) is 0. The van der Waals surface area contributed by atoms with Gasteiger partial charge in [0.15, 0.2) is 5.82 Å². The van der Waals surface area contributed by atoms with Crippen molar-refractivity contribution >= 4 is 50.4 Å². The average Bonchev–Trinajstić information content (AvgIpc) is 3.03. The van der Waals surface area contributed by atoms with Crippen LogP contribution in [-0.2, 0) is 16.7 Å². The van der Waals surface area contributed by atoms with Crippen molar-refractivity contribution in [3.05, 3.63) is 46.3 Å². The molecule has 0 bridgehead atoms. The highest BCUT2D eigenvalue weighted by atomic mass is 32.1. The fraction of sp³-hybridized carbons (Fsp3) is 0.368. The van der Waals surface area contributed by atoms with Gasteiger partial charge >= 0.3 is 0 Å². The summed E-state index contributed by atoms with van der Waals surface area (Å²) in [6.45, 7) is 4.52. The quantitative estimate of drug-likeness (QED) is 0.529. The average molecular weight is 398 g/mol. The monoisotopic (exact) mass is 398 g/mol. The van der Waals surface area contributed by atoms with Gasteiger partial charge in [0.1, 0.15) is 7.85 Å². The summed E-state index contributed by atoms with van der Waals surface area (Å²) in [5.74, 6) is 1.21. The maximum atomic E-state index is 6.03. The zero-order valence-corrected chi connectivity index (χ0v) is 17.9. The molecular weight excluding hydrogens is 374 g/mol. The predicted molar refractivity (Wildman–Crippen MR) is 120 cm³/mol. The van der Waals surface area contributed by atoms with Crippen molar-refractivity contribution in [2.45, 2.75) is 24.4 Å². The zero-order chi connectivity index (χ0) is 19.2. The minimum Gasteiger partial charge on any atom is -0.379 e. The van der Waals surface area contributed by atoms with Crippen molar-refractivity contribution in [2.24, 2.45) is 0 Å². The van der Waals surface area contributed by atoms with E-state index in [0.29, 0.717) is 11.5 Å². The first-order valence-electron chi connectivity index (χ1n) is 9.07. The minimum atomic E-state index is 0.0808. The summed E-state index contributed by atoms with van der Waals surface area (Å²) >= 11 is 1.76. The first kappa shape index (κ1) is 18.7. The Morgan fingerprint density at radius 3 is 2.78 bits per heavy atom. The zero-order valence-electron chi connectivity index (χ0n) is 15.9. The fourth-order valence-electron chi connectivity index (χ4n) is 3.49. The predicted octanol–water partition coefficient (Wildman–Crippen LogP) is 2.70. The summed E-state index contributed by atoms with van der Waals surface area (Å²) in [5.41, 5.74) is 10.1. The molecular formula is C19H24BN4OPS. The molecule has 8 heteroatoms. The standard InChI is InChI=1S/C19H24BN4OPS/c1-19(9-25-10-19)14-7-13-15(27-14)17(23-18(21)22-13)24(2)8-11-5-3-4-6-12(11)16(20)26/h3-7,16H,8-10,20,26H2,1-2H3,(H2,21,22,23). The van der Waals surface area contributed by atoms with Crippen LogP contribution in [0.3, 0.4) is 0 Å². The van der Waals surface area contributed by atoms with Gasteiger partial charge in [0.05, 0.1) is 23.4 Å². The maximum Gasteiger partial charge on any atom is 0.222 e. The molecule has 2 N–H and O–H groups in total. The van der Waals surface area contributed by atoms with E-state index < -0.39 is 0 Å². The Labute approximate surface area is 166 Å². The fourth-order valence-corrected chi connectivity index (χ4v) is 5.07. The van der Waals surface area contributed by atoms with Crippen molar-refractivity contribution < 1.29 is 4.74 Å². The molecule has 5 nitrogen and oxygen atoms in total. The molecule has 2 aromatic heterocycles. The molecule has 0 amide bonds. The van der Waals surface area contributed by atoms with Crippen LogP contribution >= 0.6 is 20.6 Å². The van der Waals surface area contributed by atoms with E-state index in [-0.39, 0.29) is 5.41 Å². The summed E-state index contributed by atoms with van der Waals surface area (Å²) in [6, 6.07) is 10.7. The van der Waals surface area contributed by atoms with Gasteiger partial charge in [-0.1, -0.05) is 31.2 Å². The number of nitrogens with zero attached hydrogens (tertiary/aromatic N) is 3. The third-order valence-corrected chi connectivity index (χ3v) is 6.91. The molecule has 0 aliphatic carbocycles. The van der Waals surface area contributed by atoms with E-state index in [0.717, 1.165) is 35.8 Å². The largest absolute Gasteiger partial charge is 0.379 e. The van der Waals surface area contributed by atoms with Crippen LogP contribution in [0.25, 0.3) is 10.2 Å². The van der Waals surface area contributed by atoms with Gasteiger partial charge in [0.2, 0.25) is 5.95 Å². The van der Waals surface area contributed by atoms with E-state index in [1.54, 1.807) is 11.3 Å². The van der Waals surface area contributed by atoms with Crippen molar-refractivity contribution in [3.63, 3.8) is 0 Å². The summed E-state index contributed by atoms with van der Waals surface area (Å²) in [4.78, 5) is 12.5. The molecule has 2 atom stereocenters. The maximum absolute atomic E-state index is 6.03. The number of rotatable bonds is 5. The van der Waals surface area contributed by atoms with Crippen molar-refractivity contribution in [2.75, 3.05) is 30.9 Å². The first-order valence-corrected chi connectivity index (χ1v) is 10.6. The Bertz CT molecular complexity index is 989. The smallest absolute Gasteiger partial charge is 0.222 e. The Morgan fingerprint density at radius 2 is 2.11 bits per heavy atom. The number of nitrogen functional groups attached to an aromatic ring is 1. The third-order valence-electron chi connectivity index (χ3n) is 5.12. The third kappa shape index (κ3) is 3.44. The van der Waals surface area contributed by atoms with E-state index in [1.807, 2.05) is 0 Å². The SMILES string of the molecule is BC(P)c1ccccc1CN(C)c1nc(N)nc2cc(C3(C)COC3)sc12.